The predicted octanol–water partition coefficient (Wildman–Crippen LogP) is 0.475. The van der Waals surface area contributed by atoms with Gasteiger partial charge in [-0.3, -0.25) is 0 Å². The van der Waals surface area contributed by atoms with Crippen molar-refractivity contribution in [1.29, 1.82) is 0 Å². The smallest absolute Gasteiger partial charge is 0.326 e. The van der Waals surface area contributed by atoms with E-state index in [-0.39, 0.29) is 17.9 Å². The van der Waals surface area contributed by atoms with Crippen LogP contribution in [0.1, 0.15) is 19.0 Å². The van der Waals surface area contributed by atoms with E-state index in [1.165, 1.54) is 6.92 Å². The first-order chi connectivity index (χ1) is 8.84. The normalized spacial score (nSPS) is 12.9. The Kier molecular flexibility index (Phi) is 5.22. The Morgan fingerprint density at radius 1 is 1.42 bits per heavy atom. The van der Waals surface area contributed by atoms with Crippen molar-refractivity contribution in [2.24, 2.45) is 0 Å². The molecule has 0 bridgehead atoms. The maximum absolute atomic E-state index is 11.4. The highest BCUT2D eigenvalue weighted by Crippen LogP contribution is 2.07. The zero-order valence-corrected chi connectivity index (χ0v) is 11.6. The lowest BCUT2D eigenvalue weighted by Gasteiger charge is -2.14. The number of nitrogens with one attached hydrogen (secondary N) is 1. The van der Waals surface area contributed by atoms with Crippen LogP contribution in [0.15, 0.2) is 12.1 Å². The molecule has 0 saturated carbocycles. The first-order valence-electron chi connectivity index (χ1n) is 5.84. The van der Waals surface area contributed by atoms with E-state index < -0.39 is 21.8 Å². The summed E-state index contributed by atoms with van der Waals surface area (Å²) >= 11 is 0. The number of hydrogen-bond donors (Lipinski definition) is 2. The van der Waals surface area contributed by atoms with Gasteiger partial charge in [0.05, 0.1) is 11.4 Å². The number of sulfone groups is 1. The number of hydrogen-bond acceptors (Lipinski definition) is 6. The van der Waals surface area contributed by atoms with Crippen LogP contribution in [0.5, 0.6) is 0 Å². The lowest BCUT2D eigenvalue weighted by molar-refractivity contribution is -0.137. The number of carboxylic acid groups (broad SMARTS) is 1. The summed E-state index contributed by atoms with van der Waals surface area (Å²) < 4.78 is 22.7. The molecule has 0 aliphatic heterocycles. The van der Waals surface area contributed by atoms with Crippen molar-refractivity contribution in [3.63, 3.8) is 0 Å². The van der Waals surface area contributed by atoms with E-state index >= 15 is 0 Å². The topological polar surface area (TPSA) is 109 Å². The number of aliphatic carboxylic acids is 1. The van der Waals surface area contributed by atoms with E-state index in [0.717, 1.165) is 0 Å². The summed E-state index contributed by atoms with van der Waals surface area (Å²) in [4.78, 5) is 11.1. The fraction of sp³-hybridized carbons (Fsp3) is 0.545. The highest BCUT2D eigenvalue weighted by Gasteiger charge is 2.20. The molecule has 1 rings (SSSR count). The maximum atomic E-state index is 11.4. The van der Waals surface area contributed by atoms with Crippen molar-refractivity contribution in [3.05, 3.63) is 17.8 Å². The van der Waals surface area contributed by atoms with E-state index in [0.29, 0.717) is 11.5 Å². The van der Waals surface area contributed by atoms with Gasteiger partial charge >= 0.3 is 5.97 Å². The molecule has 1 atom stereocenters. The van der Waals surface area contributed by atoms with Gasteiger partial charge in [-0.1, -0.05) is 6.92 Å². The summed E-state index contributed by atoms with van der Waals surface area (Å²) in [5.41, 5.74) is 0.714. The minimum absolute atomic E-state index is 0.00365. The molecule has 0 fully saturated rings. The molecule has 19 heavy (non-hydrogen) atoms. The van der Waals surface area contributed by atoms with Crippen molar-refractivity contribution < 1.29 is 18.3 Å². The zero-order valence-electron chi connectivity index (χ0n) is 10.8. The second-order valence-electron chi connectivity index (χ2n) is 4.12. The summed E-state index contributed by atoms with van der Waals surface area (Å²) in [5.74, 6) is -0.975. The second-order valence-corrected chi connectivity index (χ2v) is 6.59. The Hall–Kier alpha value is -1.70. The van der Waals surface area contributed by atoms with Gasteiger partial charge in [0.15, 0.2) is 0 Å². The van der Waals surface area contributed by atoms with E-state index in [1.54, 1.807) is 19.1 Å². The molecule has 0 aliphatic carbocycles. The summed E-state index contributed by atoms with van der Waals surface area (Å²) in [6, 6.07) is 2.29. The lowest BCUT2D eigenvalue weighted by Crippen LogP contribution is -2.32. The summed E-state index contributed by atoms with van der Waals surface area (Å²) in [6.07, 6.45) is -0.0128. The van der Waals surface area contributed by atoms with Crippen molar-refractivity contribution >= 4 is 21.6 Å². The van der Waals surface area contributed by atoms with Gasteiger partial charge in [0.25, 0.3) is 0 Å². The lowest BCUT2D eigenvalue weighted by atomic mass is 10.2. The number of aromatic nitrogens is 2. The first kappa shape index (κ1) is 15.4. The molecule has 0 saturated heterocycles. The Bertz CT molecular complexity index is 527. The third-order valence-corrected chi connectivity index (χ3v) is 4.31. The summed E-state index contributed by atoms with van der Waals surface area (Å²) in [6.45, 7) is 3.29. The average Bonchev–Trinajstić information content (AvgIpc) is 2.36. The van der Waals surface area contributed by atoms with Crippen LogP contribution < -0.4 is 5.32 Å². The van der Waals surface area contributed by atoms with Gasteiger partial charge in [0, 0.05) is 5.75 Å². The molecule has 1 heterocycles. The van der Waals surface area contributed by atoms with Crippen LogP contribution in [-0.2, 0) is 14.6 Å². The molecule has 106 valence electrons. The Morgan fingerprint density at radius 2 is 2.11 bits per heavy atom. The molecule has 0 amide bonds. The third kappa shape index (κ3) is 5.21. The maximum Gasteiger partial charge on any atom is 0.326 e. The van der Waals surface area contributed by atoms with Crippen molar-refractivity contribution in [2.45, 2.75) is 26.3 Å². The molecular weight excluding hydrogens is 270 g/mol. The van der Waals surface area contributed by atoms with Crippen LogP contribution in [0, 0.1) is 6.92 Å². The van der Waals surface area contributed by atoms with Gasteiger partial charge in [-0.15, -0.1) is 5.10 Å². The molecule has 1 aromatic heterocycles. The van der Waals surface area contributed by atoms with Gasteiger partial charge in [0.2, 0.25) is 0 Å². The van der Waals surface area contributed by atoms with Crippen LogP contribution in [0.25, 0.3) is 0 Å². The van der Waals surface area contributed by atoms with Crippen molar-refractivity contribution in [2.75, 3.05) is 16.8 Å². The van der Waals surface area contributed by atoms with E-state index in [1.807, 2.05) is 0 Å². The molecule has 0 spiro atoms. The monoisotopic (exact) mass is 287 g/mol. The second kappa shape index (κ2) is 6.46. The minimum Gasteiger partial charge on any atom is -0.480 e. The molecule has 8 heteroatoms. The molecule has 7 nitrogen and oxygen atoms in total. The van der Waals surface area contributed by atoms with Crippen LogP contribution in [0.4, 0.5) is 5.82 Å². The van der Waals surface area contributed by atoms with Crippen molar-refractivity contribution in [1.82, 2.24) is 10.2 Å². The standard InChI is InChI=1S/C11H17N3O4S/c1-3-19(17,18)7-6-9(11(15)16)12-10-5-4-8(2)13-14-10/h4-5,9H,3,6-7H2,1-2H3,(H,12,14)(H,15,16). The highest BCUT2D eigenvalue weighted by atomic mass is 32.2. The first-order valence-corrected chi connectivity index (χ1v) is 7.66. The van der Waals surface area contributed by atoms with Crippen LogP contribution in [0.2, 0.25) is 0 Å². The van der Waals surface area contributed by atoms with Gasteiger partial charge in [-0.25, -0.2) is 13.2 Å². The molecule has 0 radical (unpaired) electrons. The fourth-order valence-corrected chi connectivity index (χ4v) is 2.24. The minimum atomic E-state index is -3.19. The fourth-order valence-electron chi connectivity index (χ4n) is 1.35. The number of aryl methyl sites for hydroxylation is 1. The number of carbonyl (C=O) groups is 1. The third-order valence-electron chi connectivity index (χ3n) is 2.58. The van der Waals surface area contributed by atoms with Gasteiger partial charge in [-0.05, 0) is 25.5 Å². The van der Waals surface area contributed by atoms with Gasteiger partial charge in [0.1, 0.15) is 21.7 Å². The molecule has 0 aliphatic rings. The van der Waals surface area contributed by atoms with Gasteiger partial charge < -0.3 is 10.4 Å². The number of rotatable bonds is 7. The quantitative estimate of drug-likeness (QED) is 0.750. The number of nitrogens with zero attached hydrogens (tertiary/aromatic N) is 2. The van der Waals surface area contributed by atoms with Crippen LogP contribution >= 0.6 is 0 Å². The molecule has 1 aromatic rings. The SMILES string of the molecule is CCS(=O)(=O)CCC(Nc1ccc(C)nn1)C(=O)O. The number of carboxylic acids is 1. The summed E-state index contributed by atoms with van der Waals surface area (Å²) in [5, 5.41) is 19.3. The van der Waals surface area contributed by atoms with E-state index in [2.05, 4.69) is 15.5 Å². The van der Waals surface area contributed by atoms with E-state index in [4.69, 9.17) is 5.11 Å². The van der Waals surface area contributed by atoms with Crippen LogP contribution in [0.3, 0.4) is 0 Å². The average molecular weight is 287 g/mol. The van der Waals surface area contributed by atoms with Gasteiger partial charge in [-0.2, -0.15) is 5.10 Å². The molecular formula is C11H17N3O4S. The predicted molar refractivity (Wildman–Crippen MR) is 70.8 cm³/mol. The summed E-state index contributed by atoms with van der Waals surface area (Å²) in [7, 11) is -3.19. The van der Waals surface area contributed by atoms with Crippen LogP contribution in [-0.4, -0.2) is 47.2 Å². The number of anilines is 1. The zero-order chi connectivity index (χ0) is 14.5. The van der Waals surface area contributed by atoms with E-state index in [9.17, 15) is 13.2 Å². The highest BCUT2D eigenvalue weighted by molar-refractivity contribution is 7.91. The molecule has 2 N–H and O–H groups in total. The van der Waals surface area contributed by atoms with Crippen molar-refractivity contribution in [3.8, 4) is 0 Å². The molecule has 0 aromatic carbocycles. The largest absolute Gasteiger partial charge is 0.480 e. The Labute approximate surface area is 112 Å². The Morgan fingerprint density at radius 3 is 2.58 bits per heavy atom. The molecule has 1 unspecified atom stereocenters. The Balaban J connectivity index is 2.68.